The molecule has 2 aromatic rings. The van der Waals surface area contributed by atoms with Crippen LogP contribution in [0.15, 0.2) is 23.4 Å². The molecule has 0 saturated carbocycles. The van der Waals surface area contributed by atoms with Crippen molar-refractivity contribution in [3.63, 3.8) is 0 Å². The first-order valence-corrected chi connectivity index (χ1v) is 8.29. The number of nitrogens with zero attached hydrogens (tertiary/aromatic N) is 2. The van der Waals surface area contributed by atoms with Gasteiger partial charge in [-0.1, -0.05) is 11.8 Å². The maximum atomic E-state index is 13.4. The van der Waals surface area contributed by atoms with Crippen LogP contribution in [0.5, 0.6) is 0 Å². The molecule has 0 aliphatic rings. The summed E-state index contributed by atoms with van der Waals surface area (Å²) < 4.78 is 44.1. The summed E-state index contributed by atoms with van der Waals surface area (Å²) in [7, 11) is 0. The Kier molecular flexibility index (Phi) is 6.56. The molecule has 138 valence electrons. The van der Waals surface area contributed by atoms with Crippen molar-refractivity contribution in [1.29, 1.82) is 0 Å². The molecule has 0 atom stereocenters. The van der Waals surface area contributed by atoms with Gasteiger partial charge in [0.25, 0.3) is 5.91 Å². The van der Waals surface area contributed by atoms with Gasteiger partial charge in [0.05, 0.1) is 11.4 Å². The first-order valence-electron chi connectivity index (χ1n) is 7.30. The number of thioether (sulfide) groups is 1. The summed E-state index contributed by atoms with van der Waals surface area (Å²) >= 11 is 1.04. The Labute approximate surface area is 151 Å². The van der Waals surface area contributed by atoms with Gasteiger partial charge < -0.3 is 10.1 Å². The molecule has 0 aliphatic heterocycles. The number of hydrogen-bond acceptors (Lipinski definition) is 6. The summed E-state index contributed by atoms with van der Waals surface area (Å²) in [6.45, 7) is 2.88. The molecule has 1 aromatic heterocycles. The second kappa shape index (κ2) is 8.65. The average Bonchev–Trinajstić information content (AvgIpc) is 2.58. The molecule has 2 rings (SSSR count). The highest BCUT2D eigenvalue weighted by Crippen LogP contribution is 2.19. The van der Waals surface area contributed by atoms with Crippen LogP contribution in [0, 0.1) is 31.3 Å². The zero-order valence-electron chi connectivity index (χ0n) is 13.8. The predicted molar refractivity (Wildman–Crippen MR) is 88.1 cm³/mol. The molecule has 0 aliphatic carbocycles. The molecule has 26 heavy (non-hydrogen) atoms. The van der Waals surface area contributed by atoms with E-state index >= 15 is 0 Å². The molecule has 10 heteroatoms. The lowest BCUT2D eigenvalue weighted by Crippen LogP contribution is -2.22. The fraction of sp³-hybridized carbons (Fsp3) is 0.250. The molecule has 0 spiro atoms. The van der Waals surface area contributed by atoms with Crippen molar-refractivity contribution in [3.05, 3.63) is 47.0 Å². The normalized spacial score (nSPS) is 10.5. The van der Waals surface area contributed by atoms with Gasteiger partial charge in [0.15, 0.2) is 29.2 Å². The number of esters is 1. The predicted octanol–water partition coefficient (Wildman–Crippen LogP) is 2.78. The van der Waals surface area contributed by atoms with Gasteiger partial charge in [0.1, 0.15) is 0 Å². The molecule has 0 saturated heterocycles. The van der Waals surface area contributed by atoms with Gasteiger partial charge in [-0.3, -0.25) is 9.59 Å². The van der Waals surface area contributed by atoms with E-state index in [9.17, 15) is 22.8 Å². The second-order valence-electron chi connectivity index (χ2n) is 5.15. The fourth-order valence-electron chi connectivity index (χ4n) is 1.88. The van der Waals surface area contributed by atoms with E-state index in [1.807, 2.05) is 5.32 Å². The minimum Gasteiger partial charge on any atom is -0.455 e. The zero-order chi connectivity index (χ0) is 19.3. The lowest BCUT2D eigenvalue weighted by atomic mass is 10.3. The maximum absolute atomic E-state index is 13.4. The minimum absolute atomic E-state index is 0.129. The third-order valence-corrected chi connectivity index (χ3v) is 3.78. The van der Waals surface area contributed by atoms with E-state index in [0.29, 0.717) is 11.2 Å². The Balaban J connectivity index is 1.81. The standard InChI is InChI=1S/C16H14F3N3O3S/c1-8-5-9(2)21-16(20-8)26-7-13(24)25-6-12(23)22-11-4-3-10(17)14(18)15(11)19/h3-5H,6-7H2,1-2H3,(H,22,23). The molecule has 0 fully saturated rings. The Bertz CT molecular complexity index is 829. The van der Waals surface area contributed by atoms with E-state index < -0.39 is 41.6 Å². The van der Waals surface area contributed by atoms with Crippen LogP contribution >= 0.6 is 11.8 Å². The second-order valence-corrected chi connectivity index (χ2v) is 6.10. The van der Waals surface area contributed by atoms with Crippen molar-refractivity contribution < 1.29 is 27.5 Å². The van der Waals surface area contributed by atoms with E-state index in [1.54, 1.807) is 19.9 Å². The van der Waals surface area contributed by atoms with Crippen LogP contribution in [0.25, 0.3) is 0 Å². The number of anilines is 1. The van der Waals surface area contributed by atoms with Crippen LogP contribution < -0.4 is 5.32 Å². The highest BCUT2D eigenvalue weighted by Gasteiger charge is 2.16. The number of aromatic nitrogens is 2. The van der Waals surface area contributed by atoms with Crippen molar-refractivity contribution in [2.24, 2.45) is 0 Å². The molecule has 1 amide bonds. The number of rotatable bonds is 6. The number of benzene rings is 1. The number of nitrogens with one attached hydrogen (secondary N) is 1. The van der Waals surface area contributed by atoms with Gasteiger partial charge in [-0.15, -0.1) is 0 Å². The summed E-state index contributed by atoms with van der Waals surface area (Å²) in [4.78, 5) is 31.6. The number of aryl methyl sites for hydroxylation is 2. The molecule has 6 nitrogen and oxygen atoms in total. The summed E-state index contributed by atoms with van der Waals surface area (Å²) in [5, 5.41) is 2.39. The summed E-state index contributed by atoms with van der Waals surface area (Å²) in [5.41, 5.74) is 0.950. The quantitative estimate of drug-likeness (QED) is 0.356. The highest BCUT2D eigenvalue weighted by atomic mass is 32.2. The third kappa shape index (κ3) is 5.45. The van der Waals surface area contributed by atoms with Crippen LogP contribution in [-0.2, 0) is 14.3 Å². The molecule has 1 aromatic carbocycles. The molecule has 0 bridgehead atoms. The molecular weight excluding hydrogens is 371 g/mol. The summed E-state index contributed by atoms with van der Waals surface area (Å²) in [6.07, 6.45) is 0. The largest absolute Gasteiger partial charge is 0.455 e. The highest BCUT2D eigenvalue weighted by molar-refractivity contribution is 7.99. The smallest absolute Gasteiger partial charge is 0.316 e. The number of ether oxygens (including phenoxy) is 1. The maximum Gasteiger partial charge on any atom is 0.316 e. The van der Waals surface area contributed by atoms with Crippen molar-refractivity contribution in [2.75, 3.05) is 17.7 Å². The first-order chi connectivity index (χ1) is 12.3. The van der Waals surface area contributed by atoms with Crippen LogP contribution in [0.2, 0.25) is 0 Å². The lowest BCUT2D eigenvalue weighted by Gasteiger charge is -2.08. The van der Waals surface area contributed by atoms with Crippen LogP contribution in [0.4, 0.5) is 18.9 Å². The zero-order valence-corrected chi connectivity index (χ0v) is 14.6. The number of hydrogen-bond donors (Lipinski definition) is 1. The van der Waals surface area contributed by atoms with Gasteiger partial charge in [-0.2, -0.15) is 0 Å². The van der Waals surface area contributed by atoms with E-state index in [2.05, 4.69) is 9.97 Å². The topological polar surface area (TPSA) is 81.2 Å². The van der Waals surface area contributed by atoms with Gasteiger partial charge >= 0.3 is 5.97 Å². The Morgan fingerprint density at radius 3 is 2.42 bits per heavy atom. The van der Waals surface area contributed by atoms with Crippen molar-refractivity contribution in [2.45, 2.75) is 19.0 Å². The van der Waals surface area contributed by atoms with E-state index in [1.165, 1.54) is 0 Å². The van der Waals surface area contributed by atoms with Gasteiger partial charge in [-0.05, 0) is 32.0 Å². The molecule has 1 N–H and O–H groups in total. The average molecular weight is 385 g/mol. The van der Waals surface area contributed by atoms with Gasteiger partial charge in [0, 0.05) is 11.4 Å². The van der Waals surface area contributed by atoms with Crippen LogP contribution in [-0.4, -0.2) is 34.2 Å². The lowest BCUT2D eigenvalue weighted by molar-refractivity contribution is -0.144. The van der Waals surface area contributed by atoms with Crippen molar-refractivity contribution in [3.8, 4) is 0 Å². The third-order valence-electron chi connectivity index (χ3n) is 2.95. The number of amides is 1. The number of carbonyl (C=O) groups excluding carboxylic acids is 2. The molecular formula is C16H14F3N3O3S. The van der Waals surface area contributed by atoms with E-state index in [4.69, 9.17) is 4.74 Å². The van der Waals surface area contributed by atoms with Gasteiger partial charge in [0.2, 0.25) is 0 Å². The van der Waals surface area contributed by atoms with Gasteiger partial charge in [-0.25, -0.2) is 23.1 Å². The van der Waals surface area contributed by atoms with Crippen molar-refractivity contribution in [1.82, 2.24) is 9.97 Å². The SMILES string of the molecule is Cc1cc(C)nc(SCC(=O)OCC(=O)Nc2ccc(F)c(F)c2F)n1. The molecule has 1 heterocycles. The van der Waals surface area contributed by atoms with Crippen molar-refractivity contribution >= 4 is 29.3 Å². The monoisotopic (exact) mass is 385 g/mol. The number of carbonyl (C=O) groups is 2. The van der Waals surface area contributed by atoms with E-state index in [-0.39, 0.29) is 5.75 Å². The van der Waals surface area contributed by atoms with Crippen LogP contribution in [0.3, 0.4) is 0 Å². The summed E-state index contributed by atoms with van der Waals surface area (Å²) in [5.74, 6) is -6.35. The Hall–Kier alpha value is -2.62. The Morgan fingerprint density at radius 1 is 1.12 bits per heavy atom. The fourth-order valence-corrected chi connectivity index (χ4v) is 2.63. The first kappa shape index (κ1) is 19.7. The molecule has 0 radical (unpaired) electrons. The molecule has 0 unspecified atom stereocenters. The van der Waals surface area contributed by atoms with Crippen LogP contribution in [0.1, 0.15) is 11.4 Å². The summed E-state index contributed by atoms with van der Waals surface area (Å²) in [6, 6.07) is 3.31. The minimum atomic E-state index is -1.70. The Morgan fingerprint density at radius 2 is 1.77 bits per heavy atom. The number of halogens is 3. The van der Waals surface area contributed by atoms with E-state index in [0.717, 1.165) is 29.2 Å².